The predicted molar refractivity (Wildman–Crippen MR) is 108 cm³/mol. The van der Waals surface area contributed by atoms with Crippen LogP contribution >= 0.6 is 0 Å². The Hall–Kier alpha value is -2.86. The molecule has 2 aromatic rings. The maximum Gasteiger partial charge on any atom is 0.322 e. The number of amides is 3. The fourth-order valence-corrected chi connectivity index (χ4v) is 2.66. The number of benzene rings is 2. The van der Waals surface area contributed by atoms with Gasteiger partial charge in [0.25, 0.3) is 0 Å². The van der Waals surface area contributed by atoms with Gasteiger partial charge in [-0.3, -0.25) is 4.79 Å². The maximum atomic E-state index is 12.8. The minimum atomic E-state index is -0.243. The molecule has 0 heterocycles. The van der Waals surface area contributed by atoms with Crippen LogP contribution < -0.4 is 10.6 Å². The van der Waals surface area contributed by atoms with Gasteiger partial charge in [0.1, 0.15) is 0 Å². The first-order chi connectivity index (χ1) is 12.9. The highest BCUT2D eigenvalue weighted by molar-refractivity contribution is 5.93. The largest absolute Gasteiger partial charge is 0.396 e. The first kappa shape index (κ1) is 20.5. The normalized spacial score (nSPS) is 10.4. The van der Waals surface area contributed by atoms with Crippen LogP contribution in [0.15, 0.2) is 42.5 Å². The van der Waals surface area contributed by atoms with E-state index in [1.165, 1.54) is 6.92 Å². The molecule has 2 rings (SSSR count). The molecule has 0 aliphatic rings. The van der Waals surface area contributed by atoms with Gasteiger partial charge < -0.3 is 20.6 Å². The second-order valence-corrected chi connectivity index (χ2v) is 6.63. The monoisotopic (exact) mass is 369 g/mol. The topological polar surface area (TPSA) is 81.7 Å². The molecule has 27 heavy (non-hydrogen) atoms. The predicted octanol–water partition coefficient (Wildman–Crippen LogP) is 3.68. The molecular formula is C21H27N3O3. The zero-order valence-electron chi connectivity index (χ0n) is 16.1. The van der Waals surface area contributed by atoms with Crippen molar-refractivity contribution in [3.63, 3.8) is 0 Å². The van der Waals surface area contributed by atoms with E-state index < -0.39 is 0 Å². The van der Waals surface area contributed by atoms with Crippen LogP contribution in [0, 0.1) is 13.8 Å². The number of rotatable bonds is 7. The lowest BCUT2D eigenvalue weighted by Crippen LogP contribution is -2.35. The van der Waals surface area contributed by atoms with Gasteiger partial charge in [0.15, 0.2) is 0 Å². The van der Waals surface area contributed by atoms with Crippen LogP contribution in [0.2, 0.25) is 0 Å². The number of aliphatic hydroxyl groups excluding tert-OH is 1. The minimum absolute atomic E-state index is 0.0225. The molecule has 0 aliphatic heterocycles. The number of nitrogens with zero attached hydrogens (tertiary/aromatic N) is 1. The Kier molecular flexibility index (Phi) is 7.37. The molecular weight excluding hydrogens is 342 g/mol. The van der Waals surface area contributed by atoms with Gasteiger partial charge >= 0.3 is 6.03 Å². The van der Waals surface area contributed by atoms with Gasteiger partial charge in [-0.15, -0.1) is 0 Å². The summed E-state index contributed by atoms with van der Waals surface area (Å²) in [6, 6.07) is 13.2. The lowest BCUT2D eigenvalue weighted by molar-refractivity contribution is -0.114. The van der Waals surface area contributed by atoms with Crippen LogP contribution in [0.3, 0.4) is 0 Å². The third kappa shape index (κ3) is 6.42. The van der Waals surface area contributed by atoms with E-state index >= 15 is 0 Å². The quantitative estimate of drug-likeness (QED) is 0.696. The van der Waals surface area contributed by atoms with Crippen molar-refractivity contribution in [2.75, 3.05) is 23.8 Å². The number of nitrogens with one attached hydrogen (secondary N) is 2. The Morgan fingerprint density at radius 3 is 2.37 bits per heavy atom. The van der Waals surface area contributed by atoms with Crippen LogP contribution in [-0.2, 0) is 11.3 Å². The summed E-state index contributed by atoms with van der Waals surface area (Å²) in [6.45, 7) is 6.28. The first-order valence-corrected chi connectivity index (χ1v) is 8.99. The van der Waals surface area contributed by atoms with Gasteiger partial charge in [0.2, 0.25) is 5.91 Å². The van der Waals surface area contributed by atoms with E-state index in [1.54, 1.807) is 17.0 Å². The lowest BCUT2D eigenvalue weighted by Gasteiger charge is -2.24. The fourth-order valence-electron chi connectivity index (χ4n) is 2.66. The van der Waals surface area contributed by atoms with E-state index in [1.807, 2.05) is 44.2 Å². The highest BCUT2D eigenvalue weighted by atomic mass is 16.3. The molecule has 0 spiro atoms. The van der Waals surface area contributed by atoms with Gasteiger partial charge in [-0.1, -0.05) is 35.9 Å². The van der Waals surface area contributed by atoms with Crippen LogP contribution in [0.4, 0.5) is 16.2 Å². The van der Waals surface area contributed by atoms with Crippen molar-refractivity contribution < 1.29 is 14.7 Å². The molecule has 6 heteroatoms. The highest BCUT2D eigenvalue weighted by Crippen LogP contribution is 2.21. The van der Waals surface area contributed by atoms with E-state index in [0.29, 0.717) is 30.9 Å². The summed E-state index contributed by atoms with van der Waals surface area (Å²) < 4.78 is 0. The number of aryl methyl sites for hydroxylation is 2. The van der Waals surface area contributed by atoms with E-state index in [-0.39, 0.29) is 18.5 Å². The van der Waals surface area contributed by atoms with Crippen molar-refractivity contribution in [3.8, 4) is 0 Å². The van der Waals surface area contributed by atoms with Gasteiger partial charge in [-0.05, 0) is 43.5 Å². The maximum absolute atomic E-state index is 12.8. The summed E-state index contributed by atoms with van der Waals surface area (Å²) in [6.07, 6.45) is 0.504. The number of aliphatic hydroxyl groups is 1. The summed E-state index contributed by atoms with van der Waals surface area (Å²) in [5, 5.41) is 14.8. The van der Waals surface area contributed by atoms with E-state index in [9.17, 15) is 9.59 Å². The van der Waals surface area contributed by atoms with Gasteiger partial charge in [-0.25, -0.2) is 4.79 Å². The second-order valence-electron chi connectivity index (χ2n) is 6.63. The summed E-state index contributed by atoms with van der Waals surface area (Å²) in [7, 11) is 0. The van der Waals surface area contributed by atoms with Gasteiger partial charge in [-0.2, -0.15) is 0 Å². The van der Waals surface area contributed by atoms with Crippen molar-refractivity contribution in [3.05, 3.63) is 59.2 Å². The smallest absolute Gasteiger partial charge is 0.322 e. The van der Waals surface area contributed by atoms with Crippen molar-refractivity contribution >= 4 is 23.3 Å². The molecule has 0 atom stereocenters. The number of anilines is 2. The van der Waals surface area contributed by atoms with Crippen LogP contribution in [-0.4, -0.2) is 35.1 Å². The van der Waals surface area contributed by atoms with Crippen LogP contribution in [0.25, 0.3) is 0 Å². The Morgan fingerprint density at radius 1 is 1.04 bits per heavy atom. The third-order valence-corrected chi connectivity index (χ3v) is 4.17. The number of carbonyl (C=O) groups excluding carboxylic acids is 2. The summed E-state index contributed by atoms with van der Waals surface area (Å²) in [4.78, 5) is 25.7. The molecule has 0 bridgehead atoms. The molecule has 0 fully saturated rings. The third-order valence-electron chi connectivity index (χ3n) is 4.17. The minimum Gasteiger partial charge on any atom is -0.396 e. The average Bonchev–Trinajstić information content (AvgIpc) is 2.62. The zero-order chi connectivity index (χ0) is 19.8. The van der Waals surface area contributed by atoms with Crippen molar-refractivity contribution in [2.24, 2.45) is 0 Å². The molecule has 6 nitrogen and oxygen atoms in total. The van der Waals surface area contributed by atoms with Crippen LogP contribution in [0.5, 0.6) is 0 Å². The highest BCUT2D eigenvalue weighted by Gasteiger charge is 2.15. The van der Waals surface area contributed by atoms with Gasteiger partial charge in [0.05, 0.1) is 0 Å². The second kappa shape index (κ2) is 9.73. The van der Waals surface area contributed by atoms with E-state index in [0.717, 1.165) is 16.7 Å². The Balaban J connectivity index is 2.14. The van der Waals surface area contributed by atoms with Crippen molar-refractivity contribution in [2.45, 2.75) is 33.7 Å². The number of hydrogen-bond donors (Lipinski definition) is 3. The first-order valence-electron chi connectivity index (χ1n) is 8.99. The van der Waals surface area contributed by atoms with Crippen molar-refractivity contribution in [1.82, 2.24) is 4.90 Å². The number of carbonyl (C=O) groups is 2. The van der Waals surface area contributed by atoms with Crippen molar-refractivity contribution in [1.29, 1.82) is 0 Å². The molecule has 0 aliphatic carbocycles. The van der Waals surface area contributed by atoms with Gasteiger partial charge in [0, 0.05) is 38.0 Å². The van der Waals surface area contributed by atoms with Crippen LogP contribution in [0.1, 0.15) is 30.0 Å². The molecule has 0 saturated carbocycles. The number of urea groups is 1. The standard InChI is InChI=1S/C21H27N3O3/c1-15-5-8-18(9-6-15)14-24(11-4-12-25)21(27)23-20-13-19(22-17(3)26)10-7-16(20)2/h5-10,13,25H,4,11-12,14H2,1-3H3,(H,22,26)(H,23,27). The average molecular weight is 369 g/mol. The van der Waals surface area contributed by atoms with E-state index in [4.69, 9.17) is 5.11 Å². The molecule has 3 N–H and O–H groups in total. The SMILES string of the molecule is CC(=O)Nc1ccc(C)c(NC(=O)N(CCCO)Cc2ccc(C)cc2)c1. The zero-order valence-corrected chi connectivity index (χ0v) is 16.1. The fraction of sp³-hybridized carbons (Fsp3) is 0.333. The molecule has 0 radical (unpaired) electrons. The van der Waals surface area contributed by atoms with E-state index in [2.05, 4.69) is 10.6 Å². The number of hydrogen-bond acceptors (Lipinski definition) is 3. The molecule has 144 valence electrons. The Bertz CT molecular complexity index is 788. The summed E-state index contributed by atoms with van der Waals surface area (Å²) in [5.74, 6) is -0.167. The Labute approximate surface area is 160 Å². The Morgan fingerprint density at radius 2 is 1.74 bits per heavy atom. The summed E-state index contributed by atoms with van der Waals surface area (Å²) >= 11 is 0. The summed E-state index contributed by atoms with van der Waals surface area (Å²) in [5.41, 5.74) is 4.36. The molecule has 2 aromatic carbocycles. The molecule has 0 unspecified atom stereocenters. The lowest BCUT2D eigenvalue weighted by atomic mass is 10.1. The molecule has 0 aromatic heterocycles. The molecule has 0 saturated heterocycles. The molecule has 3 amide bonds.